The Hall–Kier alpha value is -1.60. The zero-order chi connectivity index (χ0) is 14.8. The number of halogens is 2. The maximum absolute atomic E-state index is 13.0. The number of hydrogen-bond donors (Lipinski definition) is 1. The van der Waals surface area contributed by atoms with Gasteiger partial charge in [-0.25, -0.2) is 12.8 Å². The molecule has 0 atom stereocenters. The average molecular weight is 318 g/mol. The molecule has 1 aromatic carbocycles. The highest BCUT2D eigenvalue weighted by molar-refractivity contribution is 7.92. The summed E-state index contributed by atoms with van der Waals surface area (Å²) in [5.74, 6) is -0.474. The highest BCUT2D eigenvalue weighted by atomic mass is 35.5. The van der Waals surface area contributed by atoms with Crippen molar-refractivity contribution in [1.82, 2.24) is 9.78 Å². The van der Waals surface area contributed by atoms with Gasteiger partial charge in [-0.2, -0.15) is 5.10 Å². The van der Waals surface area contributed by atoms with Gasteiger partial charge in [-0.05, 0) is 24.1 Å². The molecule has 2 aromatic rings. The van der Waals surface area contributed by atoms with Gasteiger partial charge in [0, 0.05) is 13.2 Å². The lowest BCUT2D eigenvalue weighted by molar-refractivity contribution is 0.599. The zero-order valence-corrected chi connectivity index (χ0v) is 12.2. The largest absolute Gasteiger partial charge is 0.272 e. The summed E-state index contributed by atoms with van der Waals surface area (Å²) < 4.78 is 40.5. The maximum atomic E-state index is 13.0. The molecule has 2 rings (SSSR count). The number of benzene rings is 1. The van der Waals surface area contributed by atoms with Crippen LogP contribution >= 0.6 is 11.6 Å². The molecular weight excluding hydrogens is 305 g/mol. The minimum atomic E-state index is -3.59. The predicted octanol–water partition coefficient (Wildman–Crippen LogP) is 2.20. The van der Waals surface area contributed by atoms with Gasteiger partial charge in [0.15, 0.2) is 5.82 Å². The summed E-state index contributed by atoms with van der Waals surface area (Å²) in [5.41, 5.74) is 0.613. The molecule has 0 amide bonds. The van der Waals surface area contributed by atoms with Crippen LogP contribution in [0.15, 0.2) is 30.5 Å². The zero-order valence-electron chi connectivity index (χ0n) is 10.7. The molecule has 0 spiro atoms. The van der Waals surface area contributed by atoms with Crippen molar-refractivity contribution in [3.63, 3.8) is 0 Å². The van der Waals surface area contributed by atoms with E-state index in [1.165, 1.54) is 23.0 Å². The summed E-state index contributed by atoms with van der Waals surface area (Å²) in [6.45, 7) is 0. The fraction of sp³-hybridized carbons (Fsp3) is 0.250. The Kier molecular flexibility index (Phi) is 4.29. The van der Waals surface area contributed by atoms with Gasteiger partial charge in [0.05, 0.1) is 5.75 Å². The van der Waals surface area contributed by atoms with Crippen molar-refractivity contribution in [2.75, 3.05) is 10.5 Å². The summed E-state index contributed by atoms with van der Waals surface area (Å²) in [7, 11) is -1.95. The fourth-order valence-corrected chi connectivity index (χ4v) is 3.01. The van der Waals surface area contributed by atoms with Crippen LogP contribution in [0.25, 0.3) is 0 Å². The molecule has 108 valence electrons. The van der Waals surface area contributed by atoms with Crippen LogP contribution in [-0.4, -0.2) is 24.0 Å². The van der Waals surface area contributed by atoms with Crippen molar-refractivity contribution in [3.8, 4) is 0 Å². The lowest BCUT2D eigenvalue weighted by atomic mass is 10.2. The number of sulfonamides is 1. The van der Waals surface area contributed by atoms with Crippen LogP contribution in [-0.2, 0) is 23.5 Å². The third-order valence-electron chi connectivity index (χ3n) is 2.58. The average Bonchev–Trinajstić information content (AvgIpc) is 2.65. The van der Waals surface area contributed by atoms with E-state index in [-0.39, 0.29) is 28.8 Å². The van der Waals surface area contributed by atoms with Gasteiger partial charge >= 0.3 is 0 Å². The van der Waals surface area contributed by atoms with Gasteiger partial charge in [0.25, 0.3) is 0 Å². The molecule has 1 aromatic heterocycles. The smallest absolute Gasteiger partial charge is 0.234 e. The maximum Gasteiger partial charge on any atom is 0.234 e. The van der Waals surface area contributed by atoms with E-state index in [4.69, 9.17) is 11.6 Å². The van der Waals surface area contributed by atoms with E-state index >= 15 is 0 Å². The van der Waals surface area contributed by atoms with E-state index in [1.807, 2.05) is 0 Å². The van der Waals surface area contributed by atoms with Crippen molar-refractivity contribution >= 4 is 27.4 Å². The molecule has 0 fully saturated rings. The molecule has 0 radical (unpaired) electrons. The van der Waals surface area contributed by atoms with Crippen molar-refractivity contribution in [2.24, 2.45) is 7.05 Å². The molecule has 20 heavy (non-hydrogen) atoms. The first-order valence-electron chi connectivity index (χ1n) is 5.80. The molecule has 0 saturated heterocycles. The molecule has 5 nitrogen and oxygen atoms in total. The van der Waals surface area contributed by atoms with Gasteiger partial charge in [0.1, 0.15) is 10.8 Å². The minimum Gasteiger partial charge on any atom is -0.272 e. The first-order valence-corrected chi connectivity index (χ1v) is 7.83. The molecule has 1 N–H and O–H groups in total. The summed E-state index contributed by atoms with van der Waals surface area (Å²) in [6.07, 6.45) is 1.70. The fourth-order valence-electron chi connectivity index (χ4n) is 1.67. The van der Waals surface area contributed by atoms with Gasteiger partial charge in [-0.15, -0.1) is 0 Å². The van der Waals surface area contributed by atoms with Gasteiger partial charge in [0.2, 0.25) is 10.0 Å². The number of hydrogen-bond acceptors (Lipinski definition) is 3. The molecule has 8 heteroatoms. The summed E-state index contributed by atoms with van der Waals surface area (Å²) in [4.78, 5) is 0. The number of rotatable bonds is 5. The van der Waals surface area contributed by atoms with E-state index in [0.717, 1.165) is 0 Å². The third kappa shape index (κ3) is 3.94. The number of anilines is 1. The topological polar surface area (TPSA) is 64.0 Å². The first kappa shape index (κ1) is 14.8. The first-order chi connectivity index (χ1) is 9.35. The number of aryl methyl sites for hydroxylation is 2. The SMILES string of the molecule is Cn1cc(Cl)c(NS(=O)(=O)CCc2cccc(F)c2)n1. The van der Waals surface area contributed by atoms with Crippen molar-refractivity contribution in [1.29, 1.82) is 0 Å². The number of nitrogens with zero attached hydrogens (tertiary/aromatic N) is 2. The summed E-state index contributed by atoms with van der Waals surface area (Å²) in [6, 6.07) is 5.83. The van der Waals surface area contributed by atoms with Crippen LogP contribution in [0.4, 0.5) is 10.2 Å². The quantitative estimate of drug-likeness (QED) is 0.919. The second-order valence-corrected chi connectivity index (χ2v) is 6.55. The molecule has 1 heterocycles. The standard InChI is InChI=1S/C12H13ClFN3O2S/c1-17-8-11(13)12(15-17)16-20(18,19)6-5-9-3-2-4-10(14)7-9/h2-4,7-8H,5-6H2,1H3,(H,15,16). The number of nitrogens with one attached hydrogen (secondary N) is 1. The predicted molar refractivity (Wildman–Crippen MR) is 75.7 cm³/mol. The monoisotopic (exact) mass is 317 g/mol. The Morgan fingerprint density at radius 2 is 2.20 bits per heavy atom. The molecule has 0 aliphatic carbocycles. The van der Waals surface area contributed by atoms with Crippen molar-refractivity contribution < 1.29 is 12.8 Å². The Morgan fingerprint density at radius 3 is 2.80 bits per heavy atom. The molecule has 0 unspecified atom stereocenters. The van der Waals surface area contributed by atoms with Crippen LogP contribution < -0.4 is 4.72 Å². The Bertz CT molecular complexity index is 715. The van der Waals surface area contributed by atoms with Crippen LogP contribution in [0.3, 0.4) is 0 Å². The van der Waals surface area contributed by atoms with Gasteiger partial charge in [-0.1, -0.05) is 23.7 Å². The van der Waals surface area contributed by atoms with Gasteiger partial charge in [-0.3, -0.25) is 9.40 Å². The van der Waals surface area contributed by atoms with E-state index < -0.39 is 10.0 Å². The summed E-state index contributed by atoms with van der Waals surface area (Å²) in [5, 5.41) is 4.12. The molecular formula is C12H13ClFN3O2S. The van der Waals surface area contributed by atoms with Crippen LogP contribution in [0.2, 0.25) is 5.02 Å². The summed E-state index contributed by atoms with van der Waals surface area (Å²) >= 11 is 5.83. The Morgan fingerprint density at radius 1 is 1.45 bits per heavy atom. The number of aromatic nitrogens is 2. The van der Waals surface area contributed by atoms with Gasteiger partial charge < -0.3 is 0 Å². The second kappa shape index (κ2) is 5.80. The minimum absolute atomic E-state index is 0.0911. The lowest BCUT2D eigenvalue weighted by Gasteiger charge is -2.06. The Labute approximate surface area is 121 Å². The molecule has 0 saturated carbocycles. The van der Waals surface area contributed by atoms with Crippen LogP contribution in [0.1, 0.15) is 5.56 Å². The van der Waals surface area contributed by atoms with Crippen molar-refractivity contribution in [3.05, 3.63) is 46.9 Å². The third-order valence-corrected chi connectivity index (χ3v) is 4.11. The Balaban J connectivity index is 2.03. The highest BCUT2D eigenvalue weighted by Crippen LogP contribution is 2.20. The second-order valence-electron chi connectivity index (χ2n) is 4.30. The molecule has 0 bridgehead atoms. The highest BCUT2D eigenvalue weighted by Gasteiger charge is 2.15. The normalized spacial score (nSPS) is 11.6. The van der Waals surface area contributed by atoms with Crippen LogP contribution in [0, 0.1) is 5.82 Å². The lowest BCUT2D eigenvalue weighted by Crippen LogP contribution is -2.19. The van der Waals surface area contributed by atoms with E-state index in [9.17, 15) is 12.8 Å². The van der Waals surface area contributed by atoms with E-state index in [2.05, 4.69) is 9.82 Å². The molecule has 0 aliphatic rings. The molecule has 0 aliphatic heterocycles. The van der Waals surface area contributed by atoms with Crippen LogP contribution in [0.5, 0.6) is 0 Å². The van der Waals surface area contributed by atoms with E-state index in [1.54, 1.807) is 19.2 Å². The van der Waals surface area contributed by atoms with E-state index in [0.29, 0.717) is 5.56 Å². The van der Waals surface area contributed by atoms with Crippen molar-refractivity contribution in [2.45, 2.75) is 6.42 Å².